The molecule has 0 aromatic rings. The summed E-state index contributed by atoms with van der Waals surface area (Å²) in [6.45, 7) is 5.15. The van der Waals surface area contributed by atoms with E-state index in [2.05, 4.69) is 0 Å². The number of ether oxygens (including phenoxy) is 1. The highest BCUT2D eigenvalue weighted by molar-refractivity contribution is 7.92. The second-order valence-corrected chi connectivity index (χ2v) is 7.97. The maximum Gasteiger partial charge on any atom is 0.237 e. The molecule has 6 nitrogen and oxygen atoms in total. The highest BCUT2D eigenvalue weighted by atomic mass is 35.5. The smallest absolute Gasteiger partial charge is 0.237 e. The second-order valence-electron chi connectivity index (χ2n) is 5.78. The van der Waals surface area contributed by atoms with Gasteiger partial charge in [0.1, 0.15) is 5.75 Å². The molecule has 1 heterocycles. The van der Waals surface area contributed by atoms with Crippen LogP contribution in [0.15, 0.2) is 0 Å². The third kappa shape index (κ3) is 5.55. The number of methoxy groups -OCH3 is 1. The van der Waals surface area contributed by atoms with E-state index in [1.54, 1.807) is 4.90 Å². The quantitative estimate of drug-likeness (QED) is 0.770. The van der Waals surface area contributed by atoms with Crippen LogP contribution in [0.5, 0.6) is 0 Å². The molecule has 1 aliphatic rings. The Labute approximate surface area is 127 Å². The average molecular weight is 329 g/mol. The Morgan fingerprint density at radius 1 is 1.45 bits per heavy atom. The molecule has 2 N–H and O–H groups in total. The second kappa shape index (κ2) is 7.59. The first-order chi connectivity index (χ1) is 8.68. The Balaban J connectivity index is 0.00000361. The van der Waals surface area contributed by atoms with Gasteiger partial charge in [-0.2, -0.15) is 0 Å². The molecule has 0 spiro atoms. The first kappa shape index (κ1) is 19.6. The van der Waals surface area contributed by atoms with Crippen molar-refractivity contribution in [3.63, 3.8) is 0 Å². The number of halogens is 1. The molecular formula is C12H25ClN2O4S. The molecular weight excluding hydrogens is 304 g/mol. The van der Waals surface area contributed by atoms with Crippen LogP contribution in [-0.2, 0) is 19.4 Å². The van der Waals surface area contributed by atoms with E-state index in [1.807, 2.05) is 13.8 Å². The topological polar surface area (TPSA) is 89.7 Å². The highest BCUT2D eigenvalue weighted by Crippen LogP contribution is 2.27. The maximum atomic E-state index is 12.0. The van der Waals surface area contributed by atoms with Crippen LogP contribution in [0, 0.1) is 5.41 Å². The monoisotopic (exact) mass is 328 g/mol. The largest absolute Gasteiger partial charge is 0.384 e. The van der Waals surface area contributed by atoms with Gasteiger partial charge in [0.05, 0.1) is 12.4 Å². The van der Waals surface area contributed by atoms with Crippen molar-refractivity contribution in [3.05, 3.63) is 0 Å². The zero-order valence-electron chi connectivity index (χ0n) is 12.3. The summed E-state index contributed by atoms with van der Waals surface area (Å²) in [5, 5.41) is 0. The van der Waals surface area contributed by atoms with Crippen LogP contribution in [0.3, 0.4) is 0 Å². The van der Waals surface area contributed by atoms with E-state index < -0.39 is 15.6 Å². The van der Waals surface area contributed by atoms with Crippen molar-refractivity contribution in [3.8, 4) is 0 Å². The first-order valence-corrected chi connectivity index (χ1v) is 8.23. The highest BCUT2D eigenvalue weighted by Gasteiger charge is 2.36. The van der Waals surface area contributed by atoms with Crippen LogP contribution in [0.4, 0.5) is 0 Å². The molecule has 20 heavy (non-hydrogen) atoms. The molecule has 1 saturated heterocycles. The number of piperidine rings is 1. The van der Waals surface area contributed by atoms with Crippen LogP contribution >= 0.6 is 12.4 Å². The summed E-state index contributed by atoms with van der Waals surface area (Å²) in [5.41, 5.74) is 5.82. The number of nitrogens with zero attached hydrogens (tertiary/aromatic N) is 1. The van der Waals surface area contributed by atoms with Crippen molar-refractivity contribution >= 4 is 28.2 Å². The van der Waals surface area contributed by atoms with Crippen LogP contribution in [0.25, 0.3) is 0 Å². The zero-order valence-corrected chi connectivity index (χ0v) is 13.9. The molecule has 1 rings (SSSR count). The molecule has 1 aliphatic heterocycles. The van der Waals surface area contributed by atoms with Crippen molar-refractivity contribution < 1.29 is 17.9 Å². The predicted molar refractivity (Wildman–Crippen MR) is 80.7 cm³/mol. The van der Waals surface area contributed by atoms with E-state index in [0.29, 0.717) is 19.5 Å². The van der Waals surface area contributed by atoms with Gasteiger partial charge in [-0.25, -0.2) is 8.42 Å². The van der Waals surface area contributed by atoms with Crippen molar-refractivity contribution in [2.75, 3.05) is 38.3 Å². The van der Waals surface area contributed by atoms with Crippen LogP contribution in [0.2, 0.25) is 0 Å². The van der Waals surface area contributed by atoms with E-state index in [0.717, 1.165) is 0 Å². The summed E-state index contributed by atoms with van der Waals surface area (Å²) in [6, 6.07) is 0.0432. The van der Waals surface area contributed by atoms with Crippen LogP contribution in [-0.4, -0.2) is 63.6 Å². The van der Waals surface area contributed by atoms with Crippen LogP contribution in [0.1, 0.15) is 20.3 Å². The maximum absolute atomic E-state index is 12.0. The van der Waals surface area contributed by atoms with Crippen molar-refractivity contribution in [1.82, 2.24) is 4.90 Å². The molecule has 0 saturated carbocycles. The van der Waals surface area contributed by atoms with Gasteiger partial charge in [-0.3, -0.25) is 4.79 Å². The standard InChI is InChI=1S/C12H24N2O4S.ClH/c1-12(2)9-14(5-4-10(12)13)11(15)8-19(16,17)7-6-18-3;/h10H,4-9,13H2,1-3H3;1H. The molecule has 1 atom stereocenters. The fourth-order valence-electron chi connectivity index (χ4n) is 2.15. The van der Waals surface area contributed by atoms with Crippen molar-refractivity contribution in [2.24, 2.45) is 11.1 Å². The summed E-state index contributed by atoms with van der Waals surface area (Å²) in [4.78, 5) is 13.6. The van der Waals surface area contributed by atoms with Gasteiger partial charge < -0.3 is 15.4 Å². The minimum absolute atomic E-state index is 0. The Bertz CT molecular complexity index is 425. The van der Waals surface area contributed by atoms with Crippen molar-refractivity contribution in [1.29, 1.82) is 0 Å². The van der Waals surface area contributed by atoms with E-state index in [1.165, 1.54) is 7.11 Å². The average Bonchev–Trinajstić information content (AvgIpc) is 2.29. The number of hydrogen-bond acceptors (Lipinski definition) is 5. The number of hydrogen-bond donors (Lipinski definition) is 1. The Morgan fingerprint density at radius 2 is 2.05 bits per heavy atom. The number of sulfone groups is 1. The van der Waals surface area contributed by atoms with Gasteiger partial charge in [-0.15, -0.1) is 12.4 Å². The summed E-state index contributed by atoms with van der Waals surface area (Å²) in [6.07, 6.45) is 0.705. The van der Waals surface area contributed by atoms with Crippen LogP contribution < -0.4 is 5.73 Å². The zero-order chi connectivity index (χ0) is 14.7. The number of likely N-dealkylation sites (tertiary alicyclic amines) is 1. The third-order valence-electron chi connectivity index (χ3n) is 3.61. The minimum atomic E-state index is -3.39. The summed E-state index contributed by atoms with van der Waals surface area (Å²) >= 11 is 0. The Hall–Kier alpha value is -0.370. The SMILES string of the molecule is COCCS(=O)(=O)CC(=O)N1CCC(N)C(C)(C)C1.Cl. The molecule has 0 aromatic heterocycles. The molecule has 0 aliphatic carbocycles. The lowest BCUT2D eigenvalue weighted by Gasteiger charge is -2.42. The van der Waals surface area contributed by atoms with E-state index >= 15 is 0 Å². The molecule has 0 radical (unpaired) electrons. The van der Waals surface area contributed by atoms with Gasteiger partial charge in [0.2, 0.25) is 5.91 Å². The van der Waals surface area contributed by atoms with Gasteiger partial charge in [0.15, 0.2) is 9.84 Å². The third-order valence-corrected chi connectivity index (χ3v) is 5.08. The Morgan fingerprint density at radius 3 is 2.55 bits per heavy atom. The summed E-state index contributed by atoms with van der Waals surface area (Å²) in [7, 11) is -1.95. The van der Waals surface area contributed by atoms with Crippen molar-refractivity contribution in [2.45, 2.75) is 26.3 Å². The number of carbonyl (C=O) groups excluding carboxylic acids is 1. The lowest BCUT2D eigenvalue weighted by atomic mass is 9.80. The molecule has 1 fully saturated rings. The lowest BCUT2D eigenvalue weighted by molar-refractivity contribution is -0.131. The van der Waals surface area contributed by atoms with Gasteiger partial charge in [0.25, 0.3) is 0 Å². The predicted octanol–water partition coefficient (Wildman–Crippen LogP) is 0.0552. The van der Waals surface area contributed by atoms with Gasteiger partial charge >= 0.3 is 0 Å². The molecule has 0 aromatic carbocycles. The van der Waals surface area contributed by atoms with E-state index in [4.69, 9.17) is 10.5 Å². The number of carbonyl (C=O) groups is 1. The summed E-state index contributed by atoms with van der Waals surface area (Å²) < 4.78 is 28.2. The lowest BCUT2D eigenvalue weighted by Crippen LogP contribution is -2.54. The summed E-state index contributed by atoms with van der Waals surface area (Å²) in [5.74, 6) is -0.899. The van der Waals surface area contributed by atoms with E-state index in [9.17, 15) is 13.2 Å². The fourth-order valence-corrected chi connectivity index (χ4v) is 3.27. The fraction of sp³-hybridized carbons (Fsp3) is 0.917. The van der Waals surface area contributed by atoms with E-state index in [-0.39, 0.29) is 42.1 Å². The normalized spacial score (nSPS) is 22.2. The van der Waals surface area contributed by atoms with Gasteiger partial charge in [-0.1, -0.05) is 13.8 Å². The first-order valence-electron chi connectivity index (χ1n) is 6.41. The Kier molecular flexibility index (Phi) is 7.44. The van der Waals surface area contributed by atoms with Gasteiger partial charge in [-0.05, 0) is 11.8 Å². The molecule has 0 bridgehead atoms. The minimum Gasteiger partial charge on any atom is -0.384 e. The number of amides is 1. The molecule has 1 amide bonds. The molecule has 8 heteroatoms. The number of rotatable bonds is 5. The molecule has 120 valence electrons. The van der Waals surface area contributed by atoms with Gasteiger partial charge in [0, 0.05) is 26.2 Å². The molecule has 1 unspecified atom stereocenters. The number of nitrogens with two attached hydrogens (primary N) is 1.